The number of carbonyl (C=O) groups excluding carboxylic acids is 1. The molecule has 27 heavy (non-hydrogen) atoms. The fraction of sp³-hybridized carbons (Fsp3) is 0.167. The van der Waals surface area contributed by atoms with Crippen molar-refractivity contribution in [3.05, 3.63) is 59.6 Å². The Morgan fingerprint density at radius 3 is 2.48 bits per heavy atom. The van der Waals surface area contributed by atoms with Gasteiger partial charge in [0, 0.05) is 6.42 Å². The zero-order valence-electron chi connectivity index (χ0n) is 14.1. The number of rotatable bonds is 7. The molecule has 0 aliphatic carbocycles. The monoisotopic (exact) mass is 405 g/mol. The van der Waals surface area contributed by atoms with Crippen LogP contribution in [0.2, 0.25) is 5.02 Å². The molecular weight excluding hydrogens is 390 g/mol. The van der Waals surface area contributed by atoms with Crippen LogP contribution in [0.15, 0.2) is 63.9 Å². The summed E-state index contributed by atoms with van der Waals surface area (Å²) in [7, 11) is -3.41. The summed E-state index contributed by atoms with van der Waals surface area (Å²) in [5.74, 6) is -0.353. The summed E-state index contributed by atoms with van der Waals surface area (Å²) < 4.78 is 29.7. The van der Waals surface area contributed by atoms with Crippen molar-refractivity contribution in [2.45, 2.75) is 17.7 Å². The fourth-order valence-corrected chi connectivity index (χ4v) is 3.92. The average Bonchev–Trinajstić information content (AvgIpc) is 3.11. The van der Waals surface area contributed by atoms with Crippen LogP contribution in [-0.4, -0.2) is 30.3 Å². The minimum absolute atomic E-state index is 0.00979. The van der Waals surface area contributed by atoms with Crippen molar-refractivity contribution >= 4 is 33.4 Å². The largest absolute Gasteiger partial charge is 0.403 e. The van der Waals surface area contributed by atoms with Crippen molar-refractivity contribution in [3.63, 3.8) is 0 Å². The number of benzene rings is 2. The molecule has 1 amide bonds. The number of carbonyl (C=O) groups is 1. The number of halogens is 1. The number of nitrogens with zero attached hydrogens (tertiary/aromatic N) is 2. The molecule has 1 heterocycles. The minimum atomic E-state index is -3.41. The van der Waals surface area contributed by atoms with Crippen LogP contribution in [-0.2, 0) is 14.6 Å². The maximum absolute atomic E-state index is 12.2. The Morgan fingerprint density at radius 2 is 1.74 bits per heavy atom. The van der Waals surface area contributed by atoms with Crippen molar-refractivity contribution in [2.24, 2.45) is 0 Å². The molecule has 0 unspecified atom stereocenters. The van der Waals surface area contributed by atoms with Gasteiger partial charge in [0.1, 0.15) is 0 Å². The molecule has 0 radical (unpaired) electrons. The van der Waals surface area contributed by atoms with Gasteiger partial charge in [-0.05, 0) is 30.7 Å². The standard InChI is InChI=1S/C18H16ClN3O4S/c19-15-10-5-4-9-14(15)17-21-22-18(26-17)20-16(23)11-6-12-27(24,25)13-7-2-1-3-8-13/h1-5,7-10H,6,11-12H2,(H,20,22,23). The van der Waals surface area contributed by atoms with E-state index in [0.717, 1.165) is 0 Å². The van der Waals surface area contributed by atoms with E-state index in [2.05, 4.69) is 15.5 Å². The number of anilines is 1. The summed E-state index contributed by atoms with van der Waals surface area (Å²) in [6.07, 6.45) is 0.185. The lowest BCUT2D eigenvalue weighted by Gasteiger charge is -2.04. The van der Waals surface area contributed by atoms with Crippen LogP contribution in [0, 0.1) is 0 Å². The van der Waals surface area contributed by atoms with Crippen LogP contribution >= 0.6 is 11.6 Å². The number of hydrogen-bond donors (Lipinski definition) is 1. The van der Waals surface area contributed by atoms with Crippen molar-refractivity contribution in [1.29, 1.82) is 0 Å². The summed E-state index contributed by atoms with van der Waals surface area (Å²) in [5.41, 5.74) is 0.557. The fourth-order valence-electron chi connectivity index (χ4n) is 2.37. The first-order chi connectivity index (χ1) is 13.0. The van der Waals surface area contributed by atoms with Gasteiger partial charge < -0.3 is 4.42 Å². The van der Waals surface area contributed by atoms with Gasteiger partial charge in [-0.2, -0.15) is 0 Å². The second-order valence-electron chi connectivity index (χ2n) is 5.68. The van der Waals surface area contributed by atoms with E-state index in [-0.39, 0.29) is 35.4 Å². The van der Waals surface area contributed by atoms with Gasteiger partial charge in [0.15, 0.2) is 9.84 Å². The highest BCUT2D eigenvalue weighted by Crippen LogP contribution is 2.27. The van der Waals surface area contributed by atoms with Crippen LogP contribution in [0.5, 0.6) is 0 Å². The lowest BCUT2D eigenvalue weighted by molar-refractivity contribution is -0.116. The summed E-state index contributed by atoms with van der Waals surface area (Å²) in [6.45, 7) is 0. The number of hydrogen-bond acceptors (Lipinski definition) is 6. The molecule has 140 valence electrons. The third-order valence-electron chi connectivity index (χ3n) is 3.69. The number of aromatic nitrogens is 2. The third-order valence-corrected chi connectivity index (χ3v) is 5.84. The maximum atomic E-state index is 12.2. The second-order valence-corrected chi connectivity index (χ2v) is 8.19. The first kappa shape index (κ1) is 19.1. The molecule has 9 heteroatoms. The SMILES string of the molecule is O=C(CCCS(=O)(=O)c1ccccc1)Nc1nnc(-c2ccccc2Cl)o1. The molecular formula is C18H16ClN3O4S. The number of nitrogens with one attached hydrogen (secondary N) is 1. The first-order valence-corrected chi connectivity index (χ1v) is 10.1. The molecule has 1 N–H and O–H groups in total. The Balaban J connectivity index is 1.54. The second kappa shape index (κ2) is 8.32. The third kappa shape index (κ3) is 4.93. The Labute approximate surface area is 161 Å². The van der Waals surface area contributed by atoms with E-state index in [1.165, 1.54) is 12.1 Å². The highest BCUT2D eigenvalue weighted by molar-refractivity contribution is 7.91. The van der Waals surface area contributed by atoms with Crippen molar-refractivity contribution in [2.75, 3.05) is 11.1 Å². The van der Waals surface area contributed by atoms with Crippen molar-refractivity contribution < 1.29 is 17.6 Å². The van der Waals surface area contributed by atoms with E-state index in [1.807, 2.05) is 0 Å². The van der Waals surface area contributed by atoms with Gasteiger partial charge in [0.05, 0.1) is 21.2 Å². The topological polar surface area (TPSA) is 102 Å². The van der Waals surface area contributed by atoms with Gasteiger partial charge in [0.2, 0.25) is 5.91 Å². The van der Waals surface area contributed by atoms with E-state index in [0.29, 0.717) is 10.6 Å². The van der Waals surface area contributed by atoms with Crippen molar-refractivity contribution in [3.8, 4) is 11.5 Å². The number of sulfone groups is 1. The average molecular weight is 406 g/mol. The Bertz CT molecular complexity index is 1040. The molecule has 0 aliphatic heterocycles. The highest BCUT2D eigenvalue weighted by atomic mass is 35.5. The summed E-state index contributed by atoms with van der Waals surface area (Å²) in [6, 6.07) is 15.0. The predicted octanol–water partition coefficient (Wildman–Crippen LogP) is 3.58. The number of amides is 1. The molecule has 1 aromatic heterocycles. The maximum Gasteiger partial charge on any atom is 0.322 e. The van der Waals surface area contributed by atoms with E-state index in [1.54, 1.807) is 42.5 Å². The Hall–Kier alpha value is -2.71. The summed E-state index contributed by atoms with van der Waals surface area (Å²) >= 11 is 6.06. The molecule has 0 atom stereocenters. The smallest absolute Gasteiger partial charge is 0.322 e. The van der Waals surface area contributed by atoms with E-state index in [9.17, 15) is 13.2 Å². The normalized spacial score (nSPS) is 11.3. The molecule has 0 fully saturated rings. The zero-order chi connectivity index (χ0) is 19.3. The Morgan fingerprint density at radius 1 is 1.04 bits per heavy atom. The van der Waals surface area contributed by atoms with Crippen LogP contribution in [0.4, 0.5) is 6.01 Å². The summed E-state index contributed by atoms with van der Waals surface area (Å²) in [5, 5.41) is 10.5. The molecule has 0 aliphatic rings. The molecule has 0 saturated heterocycles. The molecule has 3 rings (SSSR count). The van der Waals surface area contributed by atoms with Crippen molar-refractivity contribution in [1.82, 2.24) is 10.2 Å². The van der Waals surface area contributed by atoms with Crippen LogP contribution < -0.4 is 5.32 Å². The van der Waals surface area contributed by atoms with Gasteiger partial charge in [-0.15, -0.1) is 5.10 Å². The minimum Gasteiger partial charge on any atom is -0.403 e. The molecule has 0 saturated carbocycles. The molecule has 2 aromatic carbocycles. The zero-order valence-corrected chi connectivity index (χ0v) is 15.7. The highest BCUT2D eigenvalue weighted by Gasteiger charge is 2.16. The molecule has 0 bridgehead atoms. The first-order valence-electron chi connectivity index (χ1n) is 8.12. The quantitative estimate of drug-likeness (QED) is 0.644. The van der Waals surface area contributed by atoms with Gasteiger partial charge in [-0.25, -0.2) is 8.42 Å². The van der Waals surface area contributed by atoms with E-state index in [4.69, 9.17) is 16.0 Å². The van der Waals surface area contributed by atoms with Gasteiger partial charge in [-0.3, -0.25) is 10.1 Å². The van der Waals surface area contributed by atoms with Crippen LogP contribution in [0.3, 0.4) is 0 Å². The van der Waals surface area contributed by atoms with Crippen LogP contribution in [0.1, 0.15) is 12.8 Å². The van der Waals surface area contributed by atoms with E-state index >= 15 is 0 Å². The molecule has 0 spiro atoms. The summed E-state index contributed by atoms with van der Waals surface area (Å²) in [4.78, 5) is 12.2. The van der Waals surface area contributed by atoms with Crippen LogP contribution in [0.25, 0.3) is 11.5 Å². The van der Waals surface area contributed by atoms with Gasteiger partial charge >= 0.3 is 6.01 Å². The van der Waals surface area contributed by atoms with Gasteiger partial charge in [-0.1, -0.05) is 47.0 Å². The predicted molar refractivity (Wildman–Crippen MR) is 101 cm³/mol. The molecule has 7 nitrogen and oxygen atoms in total. The van der Waals surface area contributed by atoms with Gasteiger partial charge in [0.25, 0.3) is 5.89 Å². The lowest BCUT2D eigenvalue weighted by atomic mass is 10.2. The van der Waals surface area contributed by atoms with E-state index < -0.39 is 15.7 Å². The lowest BCUT2D eigenvalue weighted by Crippen LogP contribution is -2.14. The molecule has 3 aromatic rings. The Kier molecular flexibility index (Phi) is 5.88.